The zero-order valence-corrected chi connectivity index (χ0v) is 15.9. The van der Waals surface area contributed by atoms with Crippen LogP contribution in [0.4, 0.5) is 23.1 Å². The van der Waals surface area contributed by atoms with Crippen molar-refractivity contribution in [1.29, 1.82) is 5.26 Å². The number of aromatic nitrogens is 2. The largest absolute Gasteiger partial charge is 0.363 e. The molecule has 3 rings (SSSR count). The smallest absolute Gasteiger partial charge is 0.255 e. The van der Waals surface area contributed by atoms with Gasteiger partial charge in [0, 0.05) is 42.8 Å². The lowest BCUT2D eigenvalue weighted by atomic mass is 10.1. The Morgan fingerprint density at radius 3 is 2.43 bits per heavy atom. The first kappa shape index (κ1) is 18.9. The first-order valence-electron chi connectivity index (χ1n) is 8.66. The van der Waals surface area contributed by atoms with Crippen LogP contribution in [0.25, 0.3) is 0 Å². The number of amides is 1. The van der Waals surface area contributed by atoms with Crippen LogP contribution in [0.15, 0.2) is 54.6 Å². The third-order valence-electron chi connectivity index (χ3n) is 3.95. The highest BCUT2D eigenvalue weighted by atomic mass is 16.1. The van der Waals surface area contributed by atoms with E-state index in [9.17, 15) is 4.79 Å². The number of nitrogens with zero attached hydrogens (tertiary/aromatic N) is 4. The molecule has 0 saturated heterocycles. The van der Waals surface area contributed by atoms with Gasteiger partial charge in [-0.25, -0.2) is 4.98 Å². The van der Waals surface area contributed by atoms with E-state index in [2.05, 4.69) is 20.6 Å². The van der Waals surface area contributed by atoms with Crippen molar-refractivity contribution >= 4 is 29.0 Å². The summed E-state index contributed by atoms with van der Waals surface area (Å²) in [4.78, 5) is 23.1. The molecule has 0 atom stereocenters. The van der Waals surface area contributed by atoms with Crippen LogP contribution in [0.3, 0.4) is 0 Å². The number of rotatable bonds is 5. The molecule has 1 aromatic heterocycles. The lowest BCUT2D eigenvalue weighted by Gasteiger charge is -2.14. The predicted octanol–water partition coefficient (Wildman–Crippen LogP) is 3.72. The van der Waals surface area contributed by atoms with Crippen LogP contribution in [0.1, 0.15) is 21.6 Å². The lowest BCUT2D eigenvalue weighted by Crippen LogP contribution is -2.13. The van der Waals surface area contributed by atoms with E-state index in [0.29, 0.717) is 22.8 Å². The second-order valence-corrected chi connectivity index (χ2v) is 6.43. The molecule has 0 unspecified atom stereocenters. The molecule has 0 saturated carbocycles. The molecule has 140 valence electrons. The van der Waals surface area contributed by atoms with Crippen LogP contribution in [0, 0.1) is 18.3 Å². The number of aryl methyl sites for hydroxylation is 1. The molecule has 0 aliphatic carbocycles. The number of nitrogens with one attached hydrogen (secondary N) is 2. The molecule has 1 amide bonds. The molecule has 0 aliphatic rings. The number of anilines is 4. The molecular formula is C21H20N6O. The number of hydrogen-bond acceptors (Lipinski definition) is 6. The second-order valence-electron chi connectivity index (χ2n) is 6.43. The summed E-state index contributed by atoms with van der Waals surface area (Å²) in [5, 5.41) is 14.9. The van der Waals surface area contributed by atoms with Crippen molar-refractivity contribution in [2.75, 3.05) is 29.6 Å². The van der Waals surface area contributed by atoms with Crippen molar-refractivity contribution < 1.29 is 4.79 Å². The van der Waals surface area contributed by atoms with Gasteiger partial charge in [-0.3, -0.25) is 4.79 Å². The Morgan fingerprint density at radius 1 is 1.04 bits per heavy atom. The second kappa shape index (κ2) is 8.18. The Balaban J connectivity index is 1.70. The number of nitriles is 1. The topological polar surface area (TPSA) is 93.9 Å². The molecular weight excluding hydrogens is 352 g/mol. The van der Waals surface area contributed by atoms with Gasteiger partial charge in [0.1, 0.15) is 5.82 Å². The molecule has 0 bridgehead atoms. The summed E-state index contributed by atoms with van der Waals surface area (Å²) in [6.45, 7) is 1.92. The quantitative estimate of drug-likeness (QED) is 0.709. The first-order valence-corrected chi connectivity index (χ1v) is 8.66. The van der Waals surface area contributed by atoms with Gasteiger partial charge < -0.3 is 15.5 Å². The lowest BCUT2D eigenvalue weighted by molar-refractivity contribution is 0.102. The monoisotopic (exact) mass is 372 g/mol. The summed E-state index contributed by atoms with van der Waals surface area (Å²) in [5.41, 5.74) is 3.20. The molecule has 1 heterocycles. The molecule has 2 N–H and O–H groups in total. The van der Waals surface area contributed by atoms with Crippen molar-refractivity contribution in [2.45, 2.75) is 6.92 Å². The van der Waals surface area contributed by atoms with E-state index >= 15 is 0 Å². The molecule has 2 aromatic carbocycles. The Hall–Kier alpha value is -3.92. The molecule has 0 spiro atoms. The maximum Gasteiger partial charge on any atom is 0.255 e. The summed E-state index contributed by atoms with van der Waals surface area (Å²) in [7, 11) is 3.85. The minimum atomic E-state index is -0.268. The fourth-order valence-corrected chi connectivity index (χ4v) is 2.54. The molecule has 0 radical (unpaired) electrons. The van der Waals surface area contributed by atoms with Crippen molar-refractivity contribution in [3.8, 4) is 6.07 Å². The van der Waals surface area contributed by atoms with Gasteiger partial charge in [0.25, 0.3) is 5.91 Å². The van der Waals surface area contributed by atoms with E-state index in [1.807, 2.05) is 50.2 Å². The molecule has 7 heteroatoms. The van der Waals surface area contributed by atoms with Crippen molar-refractivity contribution in [1.82, 2.24) is 9.97 Å². The summed E-state index contributed by atoms with van der Waals surface area (Å²) < 4.78 is 0. The Bertz CT molecular complexity index is 1040. The fourth-order valence-electron chi connectivity index (χ4n) is 2.54. The van der Waals surface area contributed by atoms with Crippen LogP contribution >= 0.6 is 0 Å². The zero-order valence-electron chi connectivity index (χ0n) is 15.9. The van der Waals surface area contributed by atoms with E-state index in [1.54, 1.807) is 36.4 Å². The van der Waals surface area contributed by atoms with Crippen LogP contribution in [-0.4, -0.2) is 30.0 Å². The van der Waals surface area contributed by atoms with Gasteiger partial charge in [0.05, 0.1) is 11.6 Å². The maximum absolute atomic E-state index is 12.3. The highest BCUT2D eigenvalue weighted by Gasteiger charge is 2.08. The van der Waals surface area contributed by atoms with Gasteiger partial charge in [-0.15, -0.1) is 0 Å². The van der Waals surface area contributed by atoms with E-state index in [4.69, 9.17) is 5.26 Å². The summed E-state index contributed by atoms with van der Waals surface area (Å²) >= 11 is 0. The summed E-state index contributed by atoms with van der Waals surface area (Å²) in [6, 6.07) is 17.8. The first-order chi connectivity index (χ1) is 13.4. The van der Waals surface area contributed by atoms with Gasteiger partial charge in [0.15, 0.2) is 0 Å². The normalized spacial score (nSPS) is 10.1. The van der Waals surface area contributed by atoms with Gasteiger partial charge in [-0.2, -0.15) is 10.2 Å². The van der Waals surface area contributed by atoms with Crippen LogP contribution in [0.5, 0.6) is 0 Å². The van der Waals surface area contributed by atoms with Crippen molar-refractivity contribution in [3.63, 3.8) is 0 Å². The van der Waals surface area contributed by atoms with E-state index in [1.165, 1.54) is 0 Å². The standard InChI is InChI=1S/C21H20N6O/c1-14-11-19(27(2)3)26-21(23-14)25-18-9-7-17(8-10-18)24-20(28)16-6-4-5-15(12-16)13-22/h4-12H,1-3H3,(H,24,28)(H,23,25,26). The minimum Gasteiger partial charge on any atom is -0.363 e. The molecule has 0 aliphatic heterocycles. The number of carbonyl (C=O) groups is 1. The average molecular weight is 372 g/mol. The van der Waals surface area contributed by atoms with Gasteiger partial charge in [-0.1, -0.05) is 6.07 Å². The molecule has 28 heavy (non-hydrogen) atoms. The number of hydrogen-bond donors (Lipinski definition) is 2. The van der Waals surface area contributed by atoms with E-state index in [-0.39, 0.29) is 5.91 Å². The van der Waals surface area contributed by atoms with Gasteiger partial charge in [0.2, 0.25) is 5.95 Å². The Labute approximate surface area is 163 Å². The fraction of sp³-hybridized carbons (Fsp3) is 0.143. The third-order valence-corrected chi connectivity index (χ3v) is 3.95. The molecule has 0 fully saturated rings. The highest BCUT2D eigenvalue weighted by molar-refractivity contribution is 6.04. The Kier molecular flexibility index (Phi) is 5.51. The van der Waals surface area contributed by atoms with Crippen LogP contribution in [0.2, 0.25) is 0 Å². The van der Waals surface area contributed by atoms with Crippen molar-refractivity contribution in [3.05, 3.63) is 71.4 Å². The molecule has 3 aromatic rings. The van der Waals surface area contributed by atoms with Crippen LogP contribution in [-0.2, 0) is 0 Å². The highest BCUT2D eigenvalue weighted by Crippen LogP contribution is 2.19. The van der Waals surface area contributed by atoms with Crippen LogP contribution < -0.4 is 15.5 Å². The average Bonchev–Trinajstić information content (AvgIpc) is 2.69. The number of benzene rings is 2. The van der Waals surface area contributed by atoms with Crippen molar-refractivity contribution in [2.24, 2.45) is 0 Å². The third kappa shape index (κ3) is 4.62. The Morgan fingerprint density at radius 2 is 1.75 bits per heavy atom. The predicted molar refractivity (Wildman–Crippen MR) is 110 cm³/mol. The maximum atomic E-state index is 12.3. The summed E-state index contributed by atoms with van der Waals surface area (Å²) in [5.74, 6) is 1.06. The number of carbonyl (C=O) groups excluding carboxylic acids is 1. The van der Waals surface area contributed by atoms with E-state index in [0.717, 1.165) is 17.2 Å². The summed E-state index contributed by atoms with van der Waals surface area (Å²) in [6.07, 6.45) is 0. The van der Waals surface area contributed by atoms with E-state index < -0.39 is 0 Å². The SMILES string of the molecule is Cc1cc(N(C)C)nc(Nc2ccc(NC(=O)c3cccc(C#N)c3)cc2)n1. The molecule has 7 nitrogen and oxygen atoms in total. The van der Waals surface area contributed by atoms with Gasteiger partial charge >= 0.3 is 0 Å². The minimum absolute atomic E-state index is 0.268. The zero-order chi connectivity index (χ0) is 20.1. The van der Waals surface area contributed by atoms with Gasteiger partial charge in [-0.05, 0) is 49.4 Å².